The summed E-state index contributed by atoms with van der Waals surface area (Å²) in [5, 5.41) is 10.2. The number of ether oxygens (including phenoxy) is 1. The minimum absolute atomic E-state index is 0.0931. The van der Waals surface area contributed by atoms with Crippen molar-refractivity contribution in [2.45, 2.75) is 75.7 Å². The van der Waals surface area contributed by atoms with Crippen LogP contribution in [0.25, 0.3) is 0 Å². The molecule has 3 nitrogen and oxygen atoms in total. The van der Waals surface area contributed by atoms with Crippen LogP contribution in [0.3, 0.4) is 0 Å². The first-order chi connectivity index (χ1) is 8.36. The van der Waals surface area contributed by atoms with Crippen LogP contribution in [0.5, 0.6) is 0 Å². The molecule has 1 aliphatic heterocycles. The van der Waals surface area contributed by atoms with Gasteiger partial charge >= 0.3 is 0 Å². The Morgan fingerprint density at radius 2 is 1.59 bits per heavy atom. The third kappa shape index (κ3) is 2.38. The molecule has 0 radical (unpaired) electrons. The normalized spacial score (nSPS) is 44.3. The Morgan fingerprint density at radius 3 is 2.41 bits per heavy atom. The molecule has 98 valence electrons. The van der Waals surface area contributed by atoms with E-state index in [0.29, 0.717) is 18.2 Å². The standard InChI is InChI=1S/C14H25NO2/c16-13-7-3-1-5-11(13)15-9-10-17-14-8-4-2-6-12(14)15/h11-14,16H,1-10H2/t11-,12?,13-,14?/m0/s1. The molecule has 0 aromatic rings. The molecule has 3 heteroatoms. The zero-order valence-corrected chi connectivity index (χ0v) is 10.7. The number of nitrogens with zero attached hydrogens (tertiary/aromatic N) is 1. The van der Waals surface area contributed by atoms with Crippen molar-refractivity contribution in [2.24, 2.45) is 0 Å². The van der Waals surface area contributed by atoms with Gasteiger partial charge in [0.2, 0.25) is 0 Å². The van der Waals surface area contributed by atoms with E-state index in [9.17, 15) is 5.11 Å². The molecule has 0 bridgehead atoms. The number of hydrogen-bond donors (Lipinski definition) is 1. The molecule has 0 aromatic carbocycles. The average Bonchev–Trinajstić information content (AvgIpc) is 2.39. The lowest BCUT2D eigenvalue weighted by Crippen LogP contribution is -2.59. The topological polar surface area (TPSA) is 32.7 Å². The first-order valence-electron chi connectivity index (χ1n) is 7.41. The van der Waals surface area contributed by atoms with Crippen molar-refractivity contribution in [3.63, 3.8) is 0 Å². The minimum Gasteiger partial charge on any atom is -0.391 e. The van der Waals surface area contributed by atoms with E-state index in [1.807, 2.05) is 0 Å². The van der Waals surface area contributed by atoms with Gasteiger partial charge in [-0.05, 0) is 25.7 Å². The Hall–Kier alpha value is -0.120. The summed E-state index contributed by atoms with van der Waals surface area (Å²) in [7, 11) is 0. The smallest absolute Gasteiger partial charge is 0.0731 e. The SMILES string of the molecule is O[C@H]1CCCC[C@@H]1N1CCOC2CCCCC21. The lowest BCUT2D eigenvalue weighted by atomic mass is 9.85. The van der Waals surface area contributed by atoms with Crippen LogP contribution in [0.15, 0.2) is 0 Å². The van der Waals surface area contributed by atoms with Crippen LogP contribution in [0, 0.1) is 0 Å². The lowest BCUT2D eigenvalue weighted by Gasteiger charge is -2.49. The second kappa shape index (κ2) is 5.25. The monoisotopic (exact) mass is 239 g/mol. The van der Waals surface area contributed by atoms with Gasteiger partial charge in [-0.1, -0.05) is 25.7 Å². The number of fused-ring (bicyclic) bond motifs is 1. The highest BCUT2D eigenvalue weighted by Gasteiger charge is 2.40. The molecule has 2 aliphatic carbocycles. The van der Waals surface area contributed by atoms with E-state index in [0.717, 1.165) is 19.6 Å². The maximum absolute atomic E-state index is 10.2. The summed E-state index contributed by atoms with van der Waals surface area (Å²) in [6, 6.07) is 1.01. The molecule has 1 saturated heterocycles. The molecule has 0 aromatic heterocycles. The van der Waals surface area contributed by atoms with E-state index >= 15 is 0 Å². The quantitative estimate of drug-likeness (QED) is 0.759. The fourth-order valence-corrected chi connectivity index (χ4v) is 4.02. The maximum atomic E-state index is 10.2. The molecular weight excluding hydrogens is 214 g/mol. The average molecular weight is 239 g/mol. The van der Waals surface area contributed by atoms with E-state index in [1.165, 1.54) is 44.9 Å². The Morgan fingerprint density at radius 1 is 0.882 bits per heavy atom. The summed E-state index contributed by atoms with van der Waals surface area (Å²) < 4.78 is 5.91. The van der Waals surface area contributed by atoms with Crippen LogP contribution in [0.1, 0.15) is 51.4 Å². The second-order valence-electron chi connectivity index (χ2n) is 5.92. The zero-order valence-electron chi connectivity index (χ0n) is 10.7. The van der Waals surface area contributed by atoms with Crippen molar-refractivity contribution in [2.75, 3.05) is 13.2 Å². The van der Waals surface area contributed by atoms with E-state index in [1.54, 1.807) is 0 Å². The molecule has 3 rings (SSSR count). The van der Waals surface area contributed by atoms with E-state index in [4.69, 9.17) is 4.74 Å². The van der Waals surface area contributed by atoms with Crippen molar-refractivity contribution < 1.29 is 9.84 Å². The summed E-state index contributed by atoms with van der Waals surface area (Å²) >= 11 is 0. The number of morpholine rings is 1. The van der Waals surface area contributed by atoms with Crippen molar-refractivity contribution in [1.82, 2.24) is 4.90 Å². The zero-order chi connectivity index (χ0) is 11.7. The van der Waals surface area contributed by atoms with Crippen molar-refractivity contribution in [3.05, 3.63) is 0 Å². The number of hydrogen-bond acceptors (Lipinski definition) is 3. The van der Waals surface area contributed by atoms with Gasteiger partial charge in [0, 0.05) is 18.6 Å². The molecular formula is C14H25NO2. The van der Waals surface area contributed by atoms with E-state index in [-0.39, 0.29) is 6.10 Å². The number of aliphatic hydroxyl groups is 1. The van der Waals surface area contributed by atoms with E-state index in [2.05, 4.69) is 4.90 Å². The molecule has 3 aliphatic rings. The van der Waals surface area contributed by atoms with Gasteiger partial charge < -0.3 is 9.84 Å². The third-order valence-corrected chi connectivity index (χ3v) is 4.90. The summed E-state index contributed by atoms with van der Waals surface area (Å²) in [6.07, 6.45) is 10.2. The number of aliphatic hydroxyl groups excluding tert-OH is 1. The van der Waals surface area contributed by atoms with Crippen LogP contribution in [-0.2, 0) is 4.74 Å². The largest absolute Gasteiger partial charge is 0.391 e. The van der Waals surface area contributed by atoms with Crippen molar-refractivity contribution in [1.29, 1.82) is 0 Å². The van der Waals surface area contributed by atoms with Crippen molar-refractivity contribution >= 4 is 0 Å². The first kappa shape index (κ1) is 11.9. The Labute approximate surface area is 104 Å². The van der Waals surface area contributed by atoms with E-state index < -0.39 is 0 Å². The molecule has 4 atom stereocenters. The molecule has 2 saturated carbocycles. The Bertz CT molecular complexity index is 251. The summed E-state index contributed by atoms with van der Waals surface area (Å²) in [5.41, 5.74) is 0. The lowest BCUT2D eigenvalue weighted by molar-refractivity contribution is -0.124. The first-order valence-corrected chi connectivity index (χ1v) is 7.41. The molecule has 17 heavy (non-hydrogen) atoms. The maximum Gasteiger partial charge on any atom is 0.0731 e. The van der Waals surface area contributed by atoms with Gasteiger partial charge in [-0.25, -0.2) is 0 Å². The Balaban J connectivity index is 1.71. The van der Waals surface area contributed by atoms with Crippen molar-refractivity contribution in [3.8, 4) is 0 Å². The van der Waals surface area contributed by atoms with Gasteiger partial charge in [-0.2, -0.15) is 0 Å². The van der Waals surface area contributed by atoms with Gasteiger partial charge in [-0.3, -0.25) is 4.90 Å². The molecule has 1 N–H and O–H groups in total. The van der Waals surface area contributed by atoms with Crippen LogP contribution >= 0.6 is 0 Å². The molecule has 0 spiro atoms. The highest BCUT2D eigenvalue weighted by atomic mass is 16.5. The fraction of sp³-hybridized carbons (Fsp3) is 1.00. The minimum atomic E-state index is -0.0931. The number of rotatable bonds is 1. The van der Waals surface area contributed by atoms with Gasteiger partial charge in [-0.15, -0.1) is 0 Å². The summed E-state index contributed by atoms with van der Waals surface area (Å²) in [4.78, 5) is 2.59. The molecule has 0 amide bonds. The van der Waals surface area contributed by atoms with Crippen LogP contribution in [0.2, 0.25) is 0 Å². The summed E-state index contributed by atoms with van der Waals surface area (Å²) in [5.74, 6) is 0. The van der Waals surface area contributed by atoms with Gasteiger partial charge in [0.15, 0.2) is 0 Å². The van der Waals surface area contributed by atoms with Crippen LogP contribution in [0.4, 0.5) is 0 Å². The van der Waals surface area contributed by atoms with Gasteiger partial charge in [0.25, 0.3) is 0 Å². The van der Waals surface area contributed by atoms with Crippen LogP contribution < -0.4 is 0 Å². The Kier molecular flexibility index (Phi) is 3.69. The third-order valence-electron chi connectivity index (χ3n) is 4.90. The molecule has 3 fully saturated rings. The van der Waals surface area contributed by atoms with Gasteiger partial charge in [0.05, 0.1) is 18.8 Å². The highest BCUT2D eigenvalue weighted by Crippen LogP contribution is 2.33. The molecule has 1 heterocycles. The van der Waals surface area contributed by atoms with Crippen LogP contribution in [-0.4, -0.2) is 47.4 Å². The second-order valence-corrected chi connectivity index (χ2v) is 5.92. The predicted octanol–water partition coefficient (Wildman–Crippen LogP) is 1.93. The van der Waals surface area contributed by atoms with Gasteiger partial charge in [0.1, 0.15) is 0 Å². The highest BCUT2D eigenvalue weighted by molar-refractivity contribution is 4.93. The fourth-order valence-electron chi connectivity index (χ4n) is 4.02. The predicted molar refractivity (Wildman–Crippen MR) is 67.0 cm³/mol. The summed E-state index contributed by atoms with van der Waals surface area (Å²) in [6.45, 7) is 1.90. The molecule has 2 unspecified atom stereocenters.